The maximum absolute atomic E-state index is 6.55. The van der Waals surface area contributed by atoms with E-state index in [0.29, 0.717) is 6.61 Å². The summed E-state index contributed by atoms with van der Waals surface area (Å²) < 4.78 is 9.47. The summed E-state index contributed by atoms with van der Waals surface area (Å²) in [6, 6.07) is 17.0. The molecule has 0 fully saturated rings. The second kappa shape index (κ2) is 10.4. The highest BCUT2D eigenvalue weighted by molar-refractivity contribution is 7.97. The van der Waals surface area contributed by atoms with Crippen LogP contribution in [0, 0.1) is 13.8 Å². The van der Waals surface area contributed by atoms with Crippen LogP contribution in [0.5, 0.6) is 5.75 Å². The van der Waals surface area contributed by atoms with Crippen LogP contribution < -0.4 is 15.2 Å². The second-order valence-corrected chi connectivity index (χ2v) is 11.0. The van der Waals surface area contributed by atoms with Crippen molar-refractivity contribution in [2.45, 2.75) is 50.0 Å². The van der Waals surface area contributed by atoms with Crippen LogP contribution >= 0.6 is 34.9 Å². The molecule has 1 aromatic heterocycles. The molecule has 0 saturated carbocycles. The Labute approximate surface area is 198 Å². The van der Waals surface area contributed by atoms with E-state index in [1.807, 2.05) is 29.5 Å². The number of benzene rings is 2. The number of aryl methyl sites for hydroxylation is 3. The maximum Gasteiger partial charge on any atom is 0.119 e. The van der Waals surface area contributed by atoms with Gasteiger partial charge in [-0.25, -0.2) is 0 Å². The third-order valence-corrected chi connectivity index (χ3v) is 8.10. The lowest BCUT2D eigenvalue weighted by molar-refractivity contribution is 0.323. The molecule has 2 unspecified atom stereocenters. The number of hydrogen-bond donors (Lipinski definition) is 2. The van der Waals surface area contributed by atoms with Gasteiger partial charge in [0.2, 0.25) is 0 Å². The minimum atomic E-state index is 0.150. The summed E-state index contributed by atoms with van der Waals surface area (Å²) in [6.07, 6.45) is 2.94. The van der Waals surface area contributed by atoms with E-state index < -0.39 is 0 Å². The smallest absolute Gasteiger partial charge is 0.119 e. The zero-order valence-electron chi connectivity index (χ0n) is 18.0. The van der Waals surface area contributed by atoms with Gasteiger partial charge >= 0.3 is 0 Å². The standard InChI is InChI=1S/C25H29ClN2OS2/c1-16-12-25(17(2)30-16)31-28-10-11-29-21-8-6-19-7-9-24(27)23(22(19)15-21)14-18-4-3-5-20(26)13-18/h3-6,8,12-13,15,23-24,28H,7,9-11,14,27H2,1-2H3. The summed E-state index contributed by atoms with van der Waals surface area (Å²) in [5, 5.41) is 0.775. The van der Waals surface area contributed by atoms with Crippen LogP contribution in [0.15, 0.2) is 53.4 Å². The number of ether oxygens (including phenoxy) is 1. The first-order chi connectivity index (χ1) is 15.0. The Bertz CT molecular complexity index is 1040. The molecule has 0 aliphatic heterocycles. The molecule has 2 aromatic carbocycles. The monoisotopic (exact) mass is 472 g/mol. The number of rotatable bonds is 8. The molecule has 3 N–H and O–H groups in total. The van der Waals surface area contributed by atoms with E-state index in [2.05, 4.69) is 48.9 Å². The summed E-state index contributed by atoms with van der Waals surface area (Å²) in [5.74, 6) is 1.20. The Kier molecular flexibility index (Phi) is 7.62. The number of nitrogens with two attached hydrogens (primary N) is 1. The van der Waals surface area contributed by atoms with E-state index in [4.69, 9.17) is 22.1 Å². The Morgan fingerprint density at radius 3 is 2.84 bits per heavy atom. The maximum atomic E-state index is 6.55. The van der Waals surface area contributed by atoms with Gasteiger partial charge in [0.15, 0.2) is 0 Å². The first-order valence-corrected chi connectivity index (χ1v) is 12.7. The molecule has 2 atom stereocenters. The molecule has 1 aliphatic carbocycles. The highest BCUT2D eigenvalue weighted by atomic mass is 35.5. The average molecular weight is 473 g/mol. The molecule has 0 spiro atoms. The summed E-state index contributed by atoms with van der Waals surface area (Å²) in [7, 11) is 0. The van der Waals surface area contributed by atoms with Gasteiger partial charge in [-0.2, -0.15) is 0 Å². The van der Waals surface area contributed by atoms with Crippen molar-refractivity contribution in [1.82, 2.24) is 4.72 Å². The highest BCUT2D eigenvalue weighted by Crippen LogP contribution is 2.36. The van der Waals surface area contributed by atoms with E-state index in [1.54, 1.807) is 11.9 Å². The Morgan fingerprint density at radius 2 is 2.06 bits per heavy atom. The van der Waals surface area contributed by atoms with Crippen molar-refractivity contribution < 1.29 is 4.74 Å². The molecule has 3 nitrogen and oxygen atoms in total. The van der Waals surface area contributed by atoms with Gasteiger partial charge in [0, 0.05) is 38.2 Å². The van der Waals surface area contributed by atoms with Crippen LogP contribution in [0.4, 0.5) is 0 Å². The molecule has 164 valence electrons. The van der Waals surface area contributed by atoms with Gasteiger partial charge < -0.3 is 10.5 Å². The van der Waals surface area contributed by atoms with Crippen molar-refractivity contribution in [3.05, 3.63) is 80.0 Å². The van der Waals surface area contributed by atoms with Crippen LogP contribution in [-0.4, -0.2) is 19.2 Å². The minimum Gasteiger partial charge on any atom is -0.492 e. The molecule has 0 saturated heterocycles. The van der Waals surface area contributed by atoms with E-state index in [9.17, 15) is 0 Å². The zero-order chi connectivity index (χ0) is 21.8. The fourth-order valence-corrected chi connectivity index (χ4v) is 6.29. The number of halogens is 1. The fraction of sp³-hybridized carbons (Fsp3) is 0.360. The average Bonchev–Trinajstić information content (AvgIpc) is 3.07. The number of hydrogen-bond acceptors (Lipinski definition) is 5. The number of thiophene rings is 1. The van der Waals surface area contributed by atoms with E-state index >= 15 is 0 Å². The Balaban J connectivity index is 1.37. The first-order valence-electron chi connectivity index (χ1n) is 10.7. The predicted octanol–water partition coefficient (Wildman–Crippen LogP) is 6.29. The summed E-state index contributed by atoms with van der Waals surface area (Å²) in [6.45, 7) is 5.71. The van der Waals surface area contributed by atoms with Crippen molar-refractivity contribution >= 4 is 34.9 Å². The highest BCUT2D eigenvalue weighted by Gasteiger charge is 2.27. The Hall–Kier alpha value is -1.50. The molecule has 0 amide bonds. The van der Waals surface area contributed by atoms with Crippen LogP contribution in [0.1, 0.15) is 38.8 Å². The lowest BCUT2D eigenvalue weighted by Crippen LogP contribution is -2.34. The quantitative estimate of drug-likeness (QED) is 0.298. The van der Waals surface area contributed by atoms with Gasteiger partial charge in [-0.15, -0.1) is 11.3 Å². The van der Waals surface area contributed by atoms with E-state index in [1.165, 1.54) is 31.3 Å². The largest absolute Gasteiger partial charge is 0.492 e. The molecule has 4 rings (SSSR count). The normalized spacial score (nSPS) is 18.1. The molecule has 1 heterocycles. The first kappa shape index (κ1) is 22.7. The van der Waals surface area contributed by atoms with Crippen molar-refractivity contribution in [1.29, 1.82) is 0 Å². The van der Waals surface area contributed by atoms with Crippen LogP contribution in [0.25, 0.3) is 0 Å². The summed E-state index contributed by atoms with van der Waals surface area (Å²) >= 11 is 9.71. The van der Waals surface area contributed by atoms with Gasteiger partial charge in [-0.05, 0) is 92.1 Å². The third-order valence-electron chi connectivity index (χ3n) is 5.78. The predicted molar refractivity (Wildman–Crippen MR) is 134 cm³/mol. The summed E-state index contributed by atoms with van der Waals surface area (Å²) in [5.41, 5.74) is 10.5. The summed E-state index contributed by atoms with van der Waals surface area (Å²) in [4.78, 5) is 4.00. The van der Waals surface area contributed by atoms with Crippen LogP contribution in [0.2, 0.25) is 5.02 Å². The van der Waals surface area contributed by atoms with Crippen molar-refractivity contribution in [3.8, 4) is 5.75 Å². The lowest BCUT2D eigenvalue weighted by atomic mass is 9.76. The van der Waals surface area contributed by atoms with Gasteiger partial charge in [-0.3, -0.25) is 4.72 Å². The SMILES string of the molecule is Cc1cc(SNCCOc2ccc3c(c2)C(Cc2cccc(Cl)c2)C(N)CC3)c(C)s1. The van der Waals surface area contributed by atoms with Gasteiger partial charge in [0.05, 0.1) is 0 Å². The van der Waals surface area contributed by atoms with Crippen molar-refractivity contribution in [3.63, 3.8) is 0 Å². The third kappa shape index (κ3) is 5.85. The van der Waals surface area contributed by atoms with E-state index in [-0.39, 0.29) is 12.0 Å². The van der Waals surface area contributed by atoms with Gasteiger partial charge in [0.1, 0.15) is 12.4 Å². The molecule has 31 heavy (non-hydrogen) atoms. The van der Waals surface area contributed by atoms with Gasteiger partial charge in [-0.1, -0.05) is 29.8 Å². The van der Waals surface area contributed by atoms with Crippen molar-refractivity contribution in [2.24, 2.45) is 5.73 Å². The van der Waals surface area contributed by atoms with Crippen molar-refractivity contribution in [2.75, 3.05) is 13.2 Å². The second-order valence-electron chi connectivity index (χ2n) is 8.13. The lowest BCUT2D eigenvalue weighted by Gasteiger charge is -2.32. The number of fused-ring (bicyclic) bond motifs is 1. The number of nitrogens with one attached hydrogen (secondary N) is 1. The van der Waals surface area contributed by atoms with Gasteiger partial charge in [0.25, 0.3) is 0 Å². The Morgan fingerprint density at radius 1 is 1.19 bits per heavy atom. The van der Waals surface area contributed by atoms with Crippen LogP contribution in [-0.2, 0) is 12.8 Å². The molecule has 3 aromatic rings. The molecule has 0 bridgehead atoms. The zero-order valence-corrected chi connectivity index (χ0v) is 20.4. The molecular formula is C25H29ClN2OS2. The fourth-order valence-electron chi connectivity index (χ4n) is 4.22. The topological polar surface area (TPSA) is 47.3 Å². The molecular weight excluding hydrogens is 444 g/mol. The molecule has 1 aliphatic rings. The molecule has 0 radical (unpaired) electrons. The van der Waals surface area contributed by atoms with E-state index in [0.717, 1.165) is 36.6 Å². The minimum absolute atomic E-state index is 0.150. The van der Waals surface area contributed by atoms with Crippen LogP contribution in [0.3, 0.4) is 0 Å². The molecule has 6 heteroatoms.